The fraction of sp³-hybridized carbons (Fsp3) is 0.0556. The zero-order chi connectivity index (χ0) is 13.8. The highest BCUT2D eigenvalue weighted by Crippen LogP contribution is 2.20. The van der Waals surface area contributed by atoms with Crippen LogP contribution in [-0.4, -0.2) is 0 Å². The van der Waals surface area contributed by atoms with Crippen LogP contribution in [0.1, 0.15) is 5.56 Å². The average Bonchev–Trinajstić information content (AvgIpc) is 2.50. The molecule has 0 atom stereocenters. The fourth-order valence-electron chi connectivity index (χ4n) is 2.19. The Hall–Kier alpha value is -1.93. The van der Waals surface area contributed by atoms with E-state index >= 15 is 0 Å². The Bertz CT molecular complexity index is 673. The summed E-state index contributed by atoms with van der Waals surface area (Å²) in [5, 5.41) is 0. The number of rotatable bonds is 3. The molecule has 0 N–H and O–H groups in total. The minimum atomic E-state index is 0.904. The van der Waals surface area contributed by atoms with Crippen LogP contribution in [0.4, 0.5) is 0 Å². The van der Waals surface area contributed by atoms with Gasteiger partial charge in [-0.15, -0.1) is 0 Å². The lowest BCUT2D eigenvalue weighted by Gasteiger charge is -2.02. The summed E-state index contributed by atoms with van der Waals surface area (Å²) in [5.74, 6) is 0. The van der Waals surface area contributed by atoms with Gasteiger partial charge in [0.1, 0.15) is 0 Å². The lowest BCUT2D eigenvalue weighted by Crippen LogP contribution is -2.32. The second kappa shape index (κ2) is 6.02. The third kappa shape index (κ3) is 3.14. The molecule has 2 heteroatoms. The molecule has 1 nitrogen and oxygen atoms in total. The van der Waals surface area contributed by atoms with Gasteiger partial charge in [-0.05, 0) is 23.3 Å². The standard InChI is InChI=1S/C18H15BrN/c19-18-8-6-16(7-9-18)17-10-12-20(13-11-17)14-15-4-2-1-3-5-15/h1-13H,14H2/q+1. The van der Waals surface area contributed by atoms with E-state index < -0.39 is 0 Å². The van der Waals surface area contributed by atoms with Gasteiger partial charge in [-0.25, -0.2) is 4.57 Å². The first-order valence-electron chi connectivity index (χ1n) is 6.60. The van der Waals surface area contributed by atoms with E-state index in [9.17, 15) is 0 Å². The first-order chi connectivity index (χ1) is 9.81. The lowest BCUT2D eigenvalue weighted by molar-refractivity contribution is -0.688. The molecular weight excluding hydrogens is 310 g/mol. The summed E-state index contributed by atoms with van der Waals surface area (Å²) >= 11 is 3.46. The number of nitrogens with zero attached hydrogens (tertiary/aromatic N) is 1. The van der Waals surface area contributed by atoms with Crippen LogP contribution in [0.3, 0.4) is 0 Å². The Morgan fingerprint density at radius 1 is 0.700 bits per heavy atom. The van der Waals surface area contributed by atoms with Crippen molar-refractivity contribution in [2.45, 2.75) is 6.54 Å². The normalized spacial score (nSPS) is 10.4. The van der Waals surface area contributed by atoms with Crippen LogP contribution >= 0.6 is 15.9 Å². The van der Waals surface area contributed by atoms with E-state index in [1.165, 1.54) is 16.7 Å². The third-order valence-electron chi connectivity index (χ3n) is 3.28. The number of hydrogen-bond acceptors (Lipinski definition) is 0. The van der Waals surface area contributed by atoms with Crippen molar-refractivity contribution in [1.82, 2.24) is 0 Å². The molecule has 1 aromatic heterocycles. The first kappa shape index (κ1) is 13.1. The SMILES string of the molecule is Brc1ccc(-c2cc[n+](Cc3ccccc3)cc2)cc1. The predicted octanol–water partition coefficient (Wildman–Crippen LogP) is 4.45. The van der Waals surface area contributed by atoms with Crippen molar-refractivity contribution in [2.75, 3.05) is 0 Å². The topological polar surface area (TPSA) is 3.88 Å². The van der Waals surface area contributed by atoms with E-state index in [1.54, 1.807) is 0 Å². The van der Waals surface area contributed by atoms with Crippen molar-refractivity contribution < 1.29 is 4.57 Å². The van der Waals surface area contributed by atoms with Crippen LogP contribution in [0.25, 0.3) is 11.1 Å². The molecule has 0 saturated carbocycles. The number of benzene rings is 2. The Morgan fingerprint density at radius 2 is 1.30 bits per heavy atom. The zero-order valence-electron chi connectivity index (χ0n) is 11.0. The van der Waals surface area contributed by atoms with Crippen LogP contribution < -0.4 is 4.57 Å². The Labute approximate surface area is 127 Å². The number of halogens is 1. The molecular formula is C18H15BrN+. The first-order valence-corrected chi connectivity index (χ1v) is 7.39. The maximum absolute atomic E-state index is 3.46. The van der Waals surface area contributed by atoms with E-state index in [4.69, 9.17) is 0 Å². The Kier molecular flexibility index (Phi) is 3.93. The maximum atomic E-state index is 3.46. The molecule has 0 radical (unpaired) electrons. The van der Waals surface area contributed by atoms with Crippen LogP contribution in [0.5, 0.6) is 0 Å². The molecule has 0 aliphatic carbocycles. The van der Waals surface area contributed by atoms with Gasteiger partial charge in [-0.3, -0.25) is 0 Å². The van der Waals surface area contributed by atoms with Gasteiger partial charge in [0.15, 0.2) is 18.9 Å². The van der Waals surface area contributed by atoms with Crippen molar-refractivity contribution in [3.05, 3.63) is 89.2 Å². The summed E-state index contributed by atoms with van der Waals surface area (Å²) in [7, 11) is 0. The van der Waals surface area contributed by atoms with E-state index in [2.05, 4.69) is 93.6 Å². The van der Waals surface area contributed by atoms with Gasteiger partial charge in [-0.1, -0.05) is 58.4 Å². The monoisotopic (exact) mass is 324 g/mol. The van der Waals surface area contributed by atoms with Gasteiger partial charge in [-0.2, -0.15) is 0 Å². The van der Waals surface area contributed by atoms with Crippen molar-refractivity contribution in [1.29, 1.82) is 0 Å². The summed E-state index contributed by atoms with van der Waals surface area (Å²) in [6, 6.07) is 23.2. The quantitative estimate of drug-likeness (QED) is 0.626. The molecule has 20 heavy (non-hydrogen) atoms. The van der Waals surface area contributed by atoms with E-state index in [0.717, 1.165) is 11.0 Å². The van der Waals surface area contributed by atoms with Gasteiger partial charge in [0, 0.05) is 22.2 Å². The van der Waals surface area contributed by atoms with Gasteiger partial charge in [0.2, 0.25) is 0 Å². The van der Waals surface area contributed by atoms with Crippen molar-refractivity contribution >= 4 is 15.9 Å². The minimum Gasteiger partial charge on any atom is -0.201 e. The summed E-state index contributed by atoms with van der Waals surface area (Å²) in [6.07, 6.45) is 4.26. The lowest BCUT2D eigenvalue weighted by atomic mass is 10.1. The highest BCUT2D eigenvalue weighted by atomic mass is 79.9. The average molecular weight is 325 g/mol. The maximum Gasteiger partial charge on any atom is 0.173 e. The molecule has 3 rings (SSSR count). The highest BCUT2D eigenvalue weighted by molar-refractivity contribution is 9.10. The molecule has 0 fully saturated rings. The van der Waals surface area contributed by atoms with Crippen LogP contribution in [0.15, 0.2) is 83.6 Å². The second-order valence-electron chi connectivity index (χ2n) is 4.75. The highest BCUT2D eigenvalue weighted by Gasteiger charge is 2.04. The van der Waals surface area contributed by atoms with Crippen LogP contribution in [0, 0.1) is 0 Å². The summed E-state index contributed by atoms with van der Waals surface area (Å²) in [4.78, 5) is 0. The molecule has 0 aliphatic rings. The molecule has 0 bridgehead atoms. The predicted molar refractivity (Wildman–Crippen MR) is 85.3 cm³/mol. The molecule has 0 unspecified atom stereocenters. The Morgan fingerprint density at radius 3 is 1.95 bits per heavy atom. The van der Waals surface area contributed by atoms with E-state index in [1.807, 2.05) is 6.07 Å². The smallest absolute Gasteiger partial charge is 0.173 e. The number of aromatic nitrogens is 1. The largest absolute Gasteiger partial charge is 0.201 e. The minimum absolute atomic E-state index is 0.904. The second-order valence-corrected chi connectivity index (χ2v) is 5.67. The molecule has 2 aromatic carbocycles. The van der Waals surface area contributed by atoms with Crippen molar-refractivity contribution in [3.63, 3.8) is 0 Å². The van der Waals surface area contributed by atoms with Gasteiger partial charge >= 0.3 is 0 Å². The third-order valence-corrected chi connectivity index (χ3v) is 3.81. The van der Waals surface area contributed by atoms with Crippen molar-refractivity contribution in [2.24, 2.45) is 0 Å². The fourth-order valence-corrected chi connectivity index (χ4v) is 2.46. The van der Waals surface area contributed by atoms with Crippen LogP contribution in [0.2, 0.25) is 0 Å². The molecule has 0 amide bonds. The van der Waals surface area contributed by atoms with E-state index in [-0.39, 0.29) is 0 Å². The zero-order valence-corrected chi connectivity index (χ0v) is 12.6. The van der Waals surface area contributed by atoms with E-state index in [0.29, 0.717) is 0 Å². The Balaban J connectivity index is 1.79. The van der Waals surface area contributed by atoms with Gasteiger partial charge < -0.3 is 0 Å². The molecule has 3 aromatic rings. The van der Waals surface area contributed by atoms with Gasteiger partial charge in [0.05, 0.1) is 0 Å². The molecule has 0 spiro atoms. The van der Waals surface area contributed by atoms with Crippen LogP contribution in [-0.2, 0) is 6.54 Å². The van der Waals surface area contributed by atoms with Crippen molar-refractivity contribution in [3.8, 4) is 11.1 Å². The summed E-state index contributed by atoms with van der Waals surface area (Å²) in [5.41, 5.74) is 3.79. The molecule has 98 valence electrons. The number of hydrogen-bond donors (Lipinski definition) is 0. The molecule has 1 heterocycles. The van der Waals surface area contributed by atoms with Gasteiger partial charge in [0.25, 0.3) is 0 Å². The molecule has 0 aliphatic heterocycles. The molecule has 0 saturated heterocycles. The number of pyridine rings is 1. The summed E-state index contributed by atoms with van der Waals surface area (Å²) in [6.45, 7) is 0.904. The summed E-state index contributed by atoms with van der Waals surface area (Å²) < 4.78 is 3.30.